The maximum Gasteiger partial charge on any atom is 0.241 e. The van der Waals surface area contributed by atoms with Crippen LogP contribution in [-0.4, -0.2) is 30.1 Å². The lowest BCUT2D eigenvalue weighted by Gasteiger charge is -2.34. The number of amides is 1. The summed E-state index contributed by atoms with van der Waals surface area (Å²) in [6.45, 7) is 8.53. The summed E-state index contributed by atoms with van der Waals surface area (Å²) in [7, 11) is 0. The van der Waals surface area contributed by atoms with Crippen LogP contribution in [0.5, 0.6) is 5.75 Å². The molecule has 1 aliphatic heterocycles. The van der Waals surface area contributed by atoms with E-state index in [1.165, 1.54) is 18.3 Å². The normalized spacial score (nSPS) is 17.2. The summed E-state index contributed by atoms with van der Waals surface area (Å²) in [5, 5.41) is 3.00. The number of ether oxygens (including phenoxy) is 1. The summed E-state index contributed by atoms with van der Waals surface area (Å²) in [4.78, 5) is 18.8. The van der Waals surface area contributed by atoms with Crippen molar-refractivity contribution in [2.75, 3.05) is 11.9 Å². The number of hydrogen-bond acceptors (Lipinski definition) is 4. The van der Waals surface area contributed by atoms with Crippen molar-refractivity contribution < 1.29 is 13.9 Å². The summed E-state index contributed by atoms with van der Waals surface area (Å²) < 4.78 is 18.8. The van der Waals surface area contributed by atoms with E-state index in [9.17, 15) is 9.18 Å². The number of hydrogen-bond donors (Lipinski definition) is 1. The third-order valence-corrected chi connectivity index (χ3v) is 4.99. The highest BCUT2D eigenvalue weighted by Gasteiger charge is 2.28. The van der Waals surface area contributed by atoms with Crippen molar-refractivity contribution in [2.45, 2.75) is 31.8 Å². The Bertz CT molecular complexity index is 907. The molecule has 3 rings (SSSR count). The summed E-state index contributed by atoms with van der Waals surface area (Å²) in [5.41, 5.74) is 1.70. The van der Waals surface area contributed by atoms with E-state index in [1.54, 1.807) is 42.5 Å². The average molecular weight is 407 g/mol. The van der Waals surface area contributed by atoms with Crippen LogP contribution in [0.1, 0.15) is 24.8 Å². The van der Waals surface area contributed by atoms with Crippen LogP contribution in [0.2, 0.25) is 0 Å². The first kappa shape index (κ1) is 21.5. The maximum absolute atomic E-state index is 13.2. The third-order valence-electron chi connectivity index (χ3n) is 4.99. The molecule has 0 unspecified atom stereocenters. The smallest absolute Gasteiger partial charge is 0.241 e. The quantitative estimate of drug-likeness (QED) is 0.384. The molecule has 1 saturated heterocycles. The number of carbonyl (C=O) groups excluding carboxylic acids is 1. The van der Waals surface area contributed by atoms with Gasteiger partial charge in [-0.2, -0.15) is 0 Å². The molecule has 0 radical (unpaired) electrons. The number of likely N-dealkylation sites (tertiary alicyclic amines) is 1. The number of nitrogens with zero attached hydrogens (tertiary/aromatic N) is 2. The Balaban J connectivity index is 1.63. The van der Waals surface area contributed by atoms with Gasteiger partial charge in [0.25, 0.3) is 0 Å². The molecule has 0 aromatic heterocycles. The molecule has 0 saturated carbocycles. The minimum atomic E-state index is -0.254. The summed E-state index contributed by atoms with van der Waals surface area (Å²) in [6, 6.07) is 13.4. The summed E-state index contributed by atoms with van der Waals surface area (Å²) >= 11 is 0. The largest absolute Gasteiger partial charge is 0.456 e. The van der Waals surface area contributed by atoms with E-state index in [0.717, 1.165) is 31.4 Å². The molecular formula is C24H26FN3O2. The van der Waals surface area contributed by atoms with E-state index < -0.39 is 0 Å². The fraction of sp³-hybridized carbons (Fsp3) is 0.250. The van der Waals surface area contributed by atoms with Crippen LogP contribution in [0, 0.1) is 5.82 Å². The molecule has 0 aliphatic carbocycles. The van der Waals surface area contributed by atoms with Gasteiger partial charge in [-0.3, -0.25) is 14.7 Å². The Morgan fingerprint density at radius 2 is 1.93 bits per heavy atom. The van der Waals surface area contributed by atoms with E-state index in [2.05, 4.69) is 28.5 Å². The van der Waals surface area contributed by atoms with E-state index in [4.69, 9.17) is 4.74 Å². The summed E-state index contributed by atoms with van der Waals surface area (Å²) in [6.07, 6.45) is 5.88. The molecule has 1 heterocycles. The minimum absolute atomic E-state index is 0.0342. The number of allylic oxidation sites excluding steroid dienone is 1. The van der Waals surface area contributed by atoms with Crippen LogP contribution >= 0.6 is 0 Å². The Hall–Kier alpha value is -3.25. The highest BCUT2D eigenvalue weighted by Crippen LogP contribution is 2.23. The molecule has 0 spiro atoms. The number of piperidine rings is 1. The van der Waals surface area contributed by atoms with Gasteiger partial charge < -0.3 is 10.1 Å². The first-order valence-corrected chi connectivity index (χ1v) is 9.95. The number of rotatable bonds is 8. The van der Waals surface area contributed by atoms with Crippen molar-refractivity contribution in [3.63, 3.8) is 0 Å². The second-order valence-corrected chi connectivity index (χ2v) is 7.14. The molecule has 1 aliphatic rings. The lowest BCUT2D eigenvalue weighted by atomic mass is 10.00. The molecular weight excluding hydrogens is 381 g/mol. The molecule has 2 aromatic carbocycles. The van der Waals surface area contributed by atoms with Gasteiger partial charge in [-0.15, -0.1) is 0 Å². The maximum atomic E-state index is 13.2. The molecule has 0 bridgehead atoms. The van der Waals surface area contributed by atoms with Crippen molar-refractivity contribution in [1.29, 1.82) is 0 Å². The fourth-order valence-electron chi connectivity index (χ4n) is 3.48. The van der Waals surface area contributed by atoms with Crippen LogP contribution in [0.15, 0.2) is 78.1 Å². The van der Waals surface area contributed by atoms with Gasteiger partial charge in [-0.1, -0.05) is 25.1 Å². The monoisotopic (exact) mass is 407 g/mol. The number of carbonyl (C=O) groups is 1. The van der Waals surface area contributed by atoms with Crippen LogP contribution in [-0.2, 0) is 11.3 Å². The fourth-order valence-corrected chi connectivity index (χ4v) is 3.48. The highest BCUT2D eigenvalue weighted by atomic mass is 19.1. The SMILES string of the molecule is C=C/C(=C\N=C)Oc1ccc(NC(=O)[C@H]2CCCCN2Cc2ccc(F)cc2)cc1. The lowest BCUT2D eigenvalue weighted by molar-refractivity contribution is -0.122. The topological polar surface area (TPSA) is 53.9 Å². The van der Waals surface area contributed by atoms with Crippen molar-refractivity contribution in [3.8, 4) is 5.75 Å². The van der Waals surface area contributed by atoms with E-state index in [0.29, 0.717) is 23.7 Å². The van der Waals surface area contributed by atoms with Gasteiger partial charge >= 0.3 is 0 Å². The van der Waals surface area contributed by atoms with Crippen molar-refractivity contribution in [3.05, 3.63) is 84.5 Å². The van der Waals surface area contributed by atoms with E-state index in [1.807, 2.05) is 0 Å². The molecule has 2 aromatic rings. The lowest BCUT2D eigenvalue weighted by Crippen LogP contribution is -2.46. The van der Waals surface area contributed by atoms with Gasteiger partial charge in [0.15, 0.2) is 0 Å². The molecule has 156 valence electrons. The zero-order valence-electron chi connectivity index (χ0n) is 16.9. The zero-order chi connectivity index (χ0) is 21.3. The van der Waals surface area contributed by atoms with Crippen molar-refractivity contribution >= 4 is 18.3 Å². The molecule has 5 nitrogen and oxygen atoms in total. The van der Waals surface area contributed by atoms with Crippen LogP contribution in [0.3, 0.4) is 0 Å². The van der Waals surface area contributed by atoms with E-state index >= 15 is 0 Å². The number of nitrogens with one attached hydrogen (secondary N) is 1. The number of halogens is 1. The predicted octanol–water partition coefficient (Wildman–Crippen LogP) is 4.93. The van der Waals surface area contributed by atoms with Gasteiger partial charge in [0, 0.05) is 12.2 Å². The zero-order valence-corrected chi connectivity index (χ0v) is 16.9. The van der Waals surface area contributed by atoms with Crippen LogP contribution in [0.4, 0.5) is 10.1 Å². The number of benzene rings is 2. The second kappa shape index (κ2) is 10.5. The molecule has 30 heavy (non-hydrogen) atoms. The van der Waals surface area contributed by atoms with Gasteiger partial charge in [-0.25, -0.2) is 4.39 Å². The molecule has 1 fully saturated rings. The van der Waals surface area contributed by atoms with Gasteiger partial charge in [0.05, 0.1) is 12.2 Å². The van der Waals surface area contributed by atoms with Crippen LogP contribution in [0.25, 0.3) is 0 Å². The Morgan fingerprint density at radius 1 is 1.20 bits per heavy atom. The van der Waals surface area contributed by atoms with Crippen LogP contribution < -0.4 is 10.1 Å². The standard InChI is InChI=1S/C24H26FN3O2/c1-3-21(16-26-2)30-22-13-11-20(12-14-22)27-24(29)23-6-4-5-15-28(23)17-18-7-9-19(25)10-8-18/h3,7-14,16,23H,1-2,4-6,15,17H2,(H,27,29)/b21-16+/t23-/m1/s1. The number of aliphatic imine (C=N–C) groups is 1. The first-order valence-electron chi connectivity index (χ1n) is 9.95. The molecule has 1 amide bonds. The Morgan fingerprint density at radius 3 is 2.60 bits per heavy atom. The van der Waals surface area contributed by atoms with Gasteiger partial charge in [-0.05, 0) is 74.1 Å². The average Bonchev–Trinajstić information content (AvgIpc) is 2.76. The molecule has 6 heteroatoms. The first-order chi connectivity index (χ1) is 14.6. The number of anilines is 1. The Labute approximate surface area is 176 Å². The van der Waals surface area contributed by atoms with E-state index in [-0.39, 0.29) is 17.8 Å². The Kier molecular flexibility index (Phi) is 7.51. The third kappa shape index (κ3) is 5.87. The predicted molar refractivity (Wildman–Crippen MR) is 118 cm³/mol. The highest BCUT2D eigenvalue weighted by molar-refractivity contribution is 5.94. The second-order valence-electron chi connectivity index (χ2n) is 7.14. The molecule has 1 atom stereocenters. The summed E-state index contributed by atoms with van der Waals surface area (Å²) in [5.74, 6) is 0.808. The van der Waals surface area contributed by atoms with Gasteiger partial charge in [0.1, 0.15) is 17.3 Å². The van der Waals surface area contributed by atoms with Crippen molar-refractivity contribution in [1.82, 2.24) is 4.90 Å². The van der Waals surface area contributed by atoms with Gasteiger partial charge in [0.2, 0.25) is 5.91 Å². The minimum Gasteiger partial charge on any atom is -0.456 e. The molecule has 1 N–H and O–H groups in total. The van der Waals surface area contributed by atoms with Crippen molar-refractivity contribution in [2.24, 2.45) is 4.99 Å².